The van der Waals surface area contributed by atoms with Crippen molar-refractivity contribution in [3.63, 3.8) is 0 Å². The first kappa shape index (κ1) is 23.6. The number of aromatic nitrogens is 2. The van der Waals surface area contributed by atoms with Gasteiger partial charge in [-0.1, -0.05) is 78.3 Å². The Morgan fingerprint density at radius 1 is 0.886 bits per heavy atom. The number of piperazine rings is 1. The van der Waals surface area contributed by atoms with E-state index in [0.717, 1.165) is 22.4 Å². The molecule has 2 heterocycles. The van der Waals surface area contributed by atoms with E-state index in [4.69, 9.17) is 16.7 Å². The van der Waals surface area contributed by atoms with Gasteiger partial charge in [-0.3, -0.25) is 4.68 Å². The molecule has 0 bridgehead atoms. The zero-order valence-corrected chi connectivity index (χ0v) is 21.1. The summed E-state index contributed by atoms with van der Waals surface area (Å²) < 4.78 is 31.0. The highest BCUT2D eigenvalue weighted by Gasteiger charge is 2.33. The molecule has 1 saturated heterocycles. The monoisotopic (exact) mass is 506 g/mol. The Balaban J connectivity index is 1.43. The van der Waals surface area contributed by atoms with Crippen LogP contribution < -0.4 is 4.90 Å². The van der Waals surface area contributed by atoms with E-state index < -0.39 is 10.0 Å². The molecule has 0 amide bonds. The van der Waals surface area contributed by atoms with E-state index in [1.165, 1.54) is 0 Å². The lowest BCUT2D eigenvalue weighted by Crippen LogP contribution is -2.48. The van der Waals surface area contributed by atoms with Gasteiger partial charge in [-0.25, -0.2) is 8.42 Å². The normalized spacial score (nSPS) is 14.9. The molecule has 0 spiro atoms. The first-order valence-electron chi connectivity index (χ1n) is 11.6. The van der Waals surface area contributed by atoms with Crippen LogP contribution in [0.4, 0.5) is 5.69 Å². The number of halogens is 1. The van der Waals surface area contributed by atoms with E-state index in [1.807, 2.05) is 85.8 Å². The van der Waals surface area contributed by atoms with Gasteiger partial charge in [-0.15, -0.1) is 0 Å². The molecular formula is C27H27ClN4O2S. The van der Waals surface area contributed by atoms with Crippen molar-refractivity contribution < 1.29 is 8.42 Å². The molecule has 5 rings (SSSR count). The van der Waals surface area contributed by atoms with Gasteiger partial charge in [0.05, 0.1) is 6.54 Å². The Hall–Kier alpha value is -3.13. The SMILES string of the molecule is Cc1ccc(Cl)cc1N1CCN(S(=O)(=O)c2cn(Cc3ccccc3)nc2-c2ccccc2)CC1. The summed E-state index contributed by atoms with van der Waals surface area (Å²) in [4.78, 5) is 2.44. The molecule has 0 unspecified atom stereocenters. The standard InChI is InChI=1S/C27H27ClN4O2S/c1-21-12-13-24(28)18-25(21)30-14-16-32(17-15-30)35(33,34)26-20-31(19-22-8-4-2-5-9-22)29-27(26)23-10-6-3-7-11-23/h2-13,18,20H,14-17,19H2,1H3. The van der Waals surface area contributed by atoms with E-state index in [2.05, 4.69) is 4.90 Å². The van der Waals surface area contributed by atoms with Crippen molar-refractivity contribution >= 4 is 27.3 Å². The van der Waals surface area contributed by atoms with Crippen LogP contribution in [0.1, 0.15) is 11.1 Å². The lowest BCUT2D eigenvalue weighted by atomic mass is 10.1. The number of nitrogens with zero attached hydrogens (tertiary/aromatic N) is 4. The summed E-state index contributed by atoms with van der Waals surface area (Å²) >= 11 is 6.21. The maximum atomic E-state index is 13.8. The van der Waals surface area contributed by atoms with Crippen LogP contribution in [0.5, 0.6) is 0 Å². The fourth-order valence-electron chi connectivity index (χ4n) is 4.47. The van der Waals surface area contributed by atoms with E-state index in [-0.39, 0.29) is 4.90 Å². The predicted molar refractivity (Wildman–Crippen MR) is 140 cm³/mol. The van der Waals surface area contributed by atoms with Gasteiger partial charge in [0.2, 0.25) is 10.0 Å². The quantitative estimate of drug-likeness (QED) is 0.366. The molecule has 0 radical (unpaired) electrons. The molecule has 1 aliphatic rings. The number of benzene rings is 3. The number of anilines is 1. The second-order valence-electron chi connectivity index (χ2n) is 8.71. The van der Waals surface area contributed by atoms with Gasteiger partial charge >= 0.3 is 0 Å². The molecule has 0 aliphatic carbocycles. The third-order valence-electron chi connectivity index (χ3n) is 6.33. The number of hydrogen-bond donors (Lipinski definition) is 0. The first-order chi connectivity index (χ1) is 16.9. The largest absolute Gasteiger partial charge is 0.369 e. The zero-order chi connectivity index (χ0) is 24.4. The van der Waals surface area contributed by atoms with Crippen LogP contribution in [0.15, 0.2) is 90.0 Å². The summed E-state index contributed by atoms with van der Waals surface area (Å²) in [5.74, 6) is 0. The van der Waals surface area contributed by atoms with E-state index in [1.54, 1.807) is 15.2 Å². The number of sulfonamides is 1. The van der Waals surface area contributed by atoms with Gasteiger partial charge in [0.15, 0.2) is 0 Å². The average molecular weight is 507 g/mol. The van der Waals surface area contributed by atoms with Crippen LogP contribution in [0, 0.1) is 6.92 Å². The molecule has 1 fully saturated rings. The molecule has 0 N–H and O–H groups in total. The Morgan fingerprint density at radius 2 is 1.54 bits per heavy atom. The lowest BCUT2D eigenvalue weighted by Gasteiger charge is -2.36. The average Bonchev–Trinajstić information content (AvgIpc) is 3.31. The zero-order valence-electron chi connectivity index (χ0n) is 19.5. The summed E-state index contributed by atoms with van der Waals surface area (Å²) in [5.41, 5.74) is 4.50. The van der Waals surface area contributed by atoms with Gasteiger partial charge in [0, 0.05) is 48.6 Å². The van der Waals surface area contributed by atoms with Gasteiger partial charge < -0.3 is 4.90 Å². The Labute approximate surface area is 211 Å². The third-order valence-corrected chi connectivity index (χ3v) is 8.47. The predicted octanol–water partition coefficient (Wildman–Crippen LogP) is 5.07. The highest BCUT2D eigenvalue weighted by Crippen LogP contribution is 2.31. The van der Waals surface area contributed by atoms with Crippen molar-refractivity contribution in [1.29, 1.82) is 0 Å². The molecular weight excluding hydrogens is 480 g/mol. The second kappa shape index (κ2) is 9.85. The molecule has 1 aromatic heterocycles. The van der Waals surface area contributed by atoms with Crippen LogP contribution >= 0.6 is 11.6 Å². The summed E-state index contributed by atoms with van der Waals surface area (Å²) in [6.45, 7) is 4.53. The molecule has 3 aromatic carbocycles. The minimum Gasteiger partial charge on any atom is -0.369 e. The molecule has 0 atom stereocenters. The first-order valence-corrected chi connectivity index (χ1v) is 13.4. The summed E-state index contributed by atoms with van der Waals surface area (Å²) in [7, 11) is -3.74. The summed E-state index contributed by atoms with van der Waals surface area (Å²) in [6, 6.07) is 25.2. The van der Waals surface area contributed by atoms with E-state index >= 15 is 0 Å². The number of hydrogen-bond acceptors (Lipinski definition) is 4. The van der Waals surface area contributed by atoms with Gasteiger partial charge in [0.25, 0.3) is 0 Å². The van der Waals surface area contributed by atoms with Crippen molar-refractivity contribution in [1.82, 2.24) is 14.1 Å². The van der Waals surface area contributed by atoms with Crippen LogP contribution in [0.2, 0.25) is 5.02 Å². The fourth-order valence-corrected chi connectivity index (χ4v) is 6.22. The van der Waals surface area contributed by atoms with Crippen molar-refractivity contribution in [3.8, 4) is 11.3 Å². The summed E-state index contributed by atoms with van der Waals surface area (Å²) in [5, 5.41) is 5.39. The van der Waals surface area contributed by atoms with Gasteiger partial charge in [-0.05, 0) is 30.2 Å². The van der Waals surface area contributed by atoms with Crippen LogP contribution in [0.25, 0.3) is 11.3 Å². The second-order valence-corrected chi connectivity index (χ2v) is 11.1. The van der Waals surface area contributed by atoms with Crippen LogP contribution in [0.3, 0.4) is 0 Å². The topological polar surface area (TPSA) is 58.4 Å². The van der Waals surface area contributed by atoms with Crippen molar-refractivity contribution in [2.75, 3.05) is 31.1 Å². The minimum atomic E-state index is -3.74. The van der Waals surface area contributed by atoms with E-state index in [0.29, 0.717) is 43.4 Å². The van der Waals surface area contributed by atoms with Crippen molar-refractivity contribution in [3.05, 3.63) is 101 Å². The Kier molecular flexibility index (Phi) is 6.65. The highest BCUT2D eigenvalue weighted by atomic mass is 35.5. The number of aryl methyl sites for hydroxylation is 1. The van der Waals surface area contributed by atoms with Crippen LogP contribution in [-0.4, -0.2) is 48.7 Å². The Morgan fingerprint density at radius 3 is 2.23 bits per heavy atom. The molecule has 35 heavy (non-hydrogen) atoms. The lowest BCUT2D eigenvalue weighted by molar-refractivity contribution is 0.385. The molecule has 4 aromatic rings. The van der Waals surface area contributed by atoms with Crippen molar-refractivity contribution in [2.45, 2.75) is 18.4 Å². The molecule has 8 heteroatoms. The number of rotatable bonds is 6. The molecule has 0 saturated carbocycles. The highest BCUT2D eigenvalue weighted by molar-refractivity contribution is 7.89. The maximum Gasteiger partial charge on any atom is 0.246 e. The minimum absolute atomic E-state index is 0.243. The molecule has 1 aliphatic heterocycles. The maximum absolute atomic E-state index is 13.8. The van der Waals surface area contributed by atoms with E-state index in [9.17, 15) is 8.42 Å². The third kappa shape index (κ3) is 4.98. The summed E-state index contributed by atoms with van der Waals surface area (Å²) in [6.07, 6.45) is 1.66. The van der Waals surface area contributed by atoms with Gasteiger partial charge in [-0.2, -0.15) is 9.40 Å². The molecule has 180 valence electrons. The smallest absolute Gasteiger partial charge is 0.246 e. The Bertz CT molecular complexity index is 1410. The van der Waals surface area contributed by atoms with Crippen LogP contribution in [-0.2, 0) is 16.6 Å². The fraction of sp³-hybridized carbons (Fsp3) is 0.222. The van der Waals surface area contributed by atoms with Gasteiger partial charge in [0.1, 0.15) is 10.6 Å². The van der Waals surface area contributed by atoms with Crippen molar-refractivity contribution in [2.24, 2.45) is 0 Å². The molecule has 6 nitrogen and oxygen atoms in total.